The molecule has 0 aromatic heterocycles. The number of hydrogen-bond acceptors (Lipinski definition) is 3. The lowest BCUT2D eigenvalue weighted by atomic mass is 9.87. The fourth-order valence-electron chi connectivity index (χ4n) is 2.25. The highest BCUT2D eigenvalue weighted by Crippen LogP contribution is 2.26. The van der Waals surface area contributed by atoms with Gasteiger partial charge in [0.1, 0.15) is 0 Å². The summed E-state index contributed by atoms with van der Waals surface area (Å²) in [7, 11) is 0. The standard InChI is InChI=1S/C18H20O3/c1-18(2,3)11-7-6-10-14-15(19)12-8-4-5-9-13(12)16(20)17(14)21/h4-6,8-10,21H,7,11H2,1-3H3. The van der Waals surface area contributed by atoms with Crippen LogP contribution >= 0.6 is 0 Å². The van der Waals surface area contributed by atoms with E-state index in [9.17, 15) is 14.7 Å². The molecule has 0 fully saturated rings. The Kier molecular flexibility index (Phi) is 4.12. The van der Waals surface area contributed by atoms with Crippen molar-refractivity contribution in [1.82, 2.24) is 0 Å². The van der Waals surface area contributed by atoms with Gasteiger partial charge in [0.15, 0.2) is 11.5 Å². The van der Waals surface area contributed by atoms with Gasteiger partial charge in [0, 0.05) is 11.1 Å². The van der Waals surface area contributed by atoms with E-state index >= 15 is 0 Å². The largest absolute Gasteiger partial charge is 0.504 e. The van der Waals surface area contributed by atoms with Gasteiger partial charge in [0.05, 0.1) is 5.57 Å². The van der Waals surface area contributed by atoms with Crippen molar-refractivity contribution in [3.63, 3.8) is 0 Å². The molecule has 0 amide bonds. The zero-order valence-corrected chi connectivity index (χ0v) is 12.6. The van der Waals surface area contributed by atoms with Crippen molar-refractivity contribution < 1.29 is 14.7 Å². The Morgan fingerprint density at radius 2 is 1.62 bits per heavy atom. The zero-order valence-electron chi connectivity index (χ0n) is 12.6. The number of carbonyl (C=O) groups excluding carboxylic acids is 2. The average molecular weight is 284 g/mol. The Hall–Kier alpha value is -2.16. The summed E-state index contributed by atoms with van der Waals surface area (Å²) in [4.78, 5) is 24.4. The minimum absolute atomic E-state index is 0.0904. The third-order valence-corrected chi connectivity index (χ3v) is 3.48. The molecule has 1 aromatic carbocycles. The normalized spacial score (nSPS) is 15.8. The smallest absolute Gasteiger partial charge is 0.228 e. The van der Waals surface area contributed by atoms with Gasteiger partial charge < -0.3 is 5.11 Å². The van der Waals surface area contributed by atoms with Crippen molar-refractivity contribution >= 4 is 11.6 Å². The molecule has 3 nitrogen and oxygen atoms in total. The summed E-state index contributed by atoms with van der Waals surface area (Å²) < 4.78 is 0. The van der Waals surface area contributed by atoms with E-state index < -0.39 is 11.5 Å². The maximum absolute atomic E-state index is 12.3. The molecule has 21 heavy (non-hydrogen) atoms. The molecule has 0 unspecified atom stereocenters. The summed E-state index contributed by atoms with van der Waals surface area (Å²) >= 11 is 0. The molecule has 110 valence electrons. The highest BCUT2D eigenvalue weighted by Gasteiger charge is 2.30. The first kappa shape index (κ1) is 15.2. The number of hydrogen-bond donors (Lipinski definition) is 1. The molecular formula is C18H20O3. The van der Waals surface area contributed by atoms with Crippen molar-refractivity contribution in [1.29, 1.82) is 0 Å². The second kappa shape index (κ2) is 5.68. The van der Waals surface area contributed by atoms with E-state index in [4.69, 9.17) is 0 Å². The molecule has 0 heterocycles. The first-order valence-electron chi connectivity index (χ1n) is 7.09. The van der Waals surface area contributed by atoms with Crippen molar-refractivity contribution in [3.8, 4) is 0 Å². The molecule has 0 bridgehead atoms. The molecule has 0 saturated carbocycles. The van der Waals surface area contributed by atoms with Gasteiger partial charge >= 0.3 is 0 Å². The molecule has 0 spiro atoms. The summed E-state index contributed by atoms with van der Waals surface area (Å²) in [5.74, 6) is -1.24. The van der Waals surface area contributed by atoms with Crippen molar-refractivity contribution in [2.45, 2.75) is 33.6 Å². The Balaban J connectivity index is 2.24. The van der Waals surface area contributed by atoms with Gasteiger partial charge in [-0.05, 0) is 18.3 Å². The van der Waals surface area contributed by atoms with Crippen molar-refractivity contribution in [2.24, 2.45) is 5.41 Å². The second-order valence-electron chi connectivity index (χ2n) is 6.47. The third kappa shape index (κ3) is 3.30. The lowest BCUT2D eigenvalue weighted by molar-refractivity contribution is 0.0932. The van der Waals surface area contributed by atoms with Crippen molar-refractivity contribution in [3.05, 3.63) is 58.9 Å². The molecule has 0 aliphatic heterocycles. The number of aliphatic hydroxyl groups excluding tert-OH is 1. The first-order valence-corrected chi connectivity index (χ1v) is 7.09. The molecule has 0 radical (unpaired) electrons. The summed E-state index contributed by atoms with van der Waals surface area (Å²) in [6, 6.07) is 6.58. The lowest BCUT2D eigenvalue weighted by Gasteiger charge is -2.17. The van der Waals surface area contributed by atoms with Gasteiger partial charge in [0.25, 0.3) is 0 Å². The highest BCUT2D eigenvalue weighted by molar-refractivity contribution is 6.26. The highest BCUT2D eigenvalue weighted by atomic mass is 16.3. The van der Waals surface area contributed by atoms with Gasteiger partial charge in [-0.15, -0.1) is 0 Å². The SMILES string of the molecule is CC(C)(C)CCC=CC1=C(O)C(=O)c2ccccc2C1=O. The minimum Gasteiger partial charge on any atom is -0.504 e. The molecule has 3 heteroatoms. The maximum atomic E-state index is 12.3. The number of rotatable bonds is 3. The lowest BCUT2D eigenvalue weighted by Crippen LogP contribution is -2.21. The number of benzene rings is 1. The van der Waals surface area contributed by atoms with Crippen LogP contribution in [0, 0.1) is 5.41 Å². The van der Waals surface area contributed by atoms with Gasteiger partial charge in [-0.1, -0.05) is 57.2 Å². The van der Waals surface area contributed by atoms with Crippen LogP contribution in [0.5, 0.6) is 0 Å². The van der Waals surface area contributed by atoms with E-state index in [0.29, 0.717) is 5.56 Å². The number of aliphatic hydroxyl groups is 1. The molecule has 0 saturated heterocycles. The van der Waals surface area contributed by atoms with Crippen LogP contribution in [0.25, 0.3) is 0 Å². The topological polar surface area (TPSA) is 54.4 Å². The first-order chi connectivity index (χ1) is 9.81. The molecule has 1 aromatic rings. The van der Waals surface area contributed by atoms with E-state index in [1.807, 2.05) is 6.08 Å². The van der Waals surface area contributed by atoms with Gasteiger partial charge in [-0.25, -0.2) is 0 Å². The summed E-state index contributed by atoms with van der Waals surface area (Å²) in [6.45, 7) is 6.43. The number of carbonyl (C=O) groups is 2. The Labute approximate surface area is 125 Å². The van der Waals surface area contributed by atoms with E-state index in [-0.39, 0.29) is 22.3 Å². The van der Waals surface area contributed by atoms with E-state index in [0.717, 1.165) is 12.8 Å². The summed E-state index contributed by atoms with van der Waals surface area (Å²) in [5.41, 5.74) is 0.926. The van der Waals surface area contributed by atoms with Crippen LogP contribution in [0.15, 0.2) is 47.7 Å². The number of allylic oxidation sites excluding steroid dienone is 4. The monoisotopic (exact) mass is 284 g/mol. The van der Waals surface area contributed by atoms with Gasteiger partial charge in [-0.2, -0.15) is 0 Å². The number of Topliss-reactive ketones (excluding diaryl/α,β-unsaturated/α-hetero) is 2. The van der Waals surface area contributed by atoms with Crippen LogP contribution in [-0.2, 0) is 0 Å². The van der Waals surface area contributed by atoms with Crippen LogP contribution in [-0.4, -0.2) is 16.7 Å². The fourth-order valence-corrected chi connectivity index (χ4v) is 2.25. The summed E-state index contributed by atoms with van der Waals surface area (Å²) in [5, 5.41) is 9.97. The van der Waals surface area contributed by atoms with Crippen molar-refractivity contribution in [2.75, 3.05) is 0 Å². The number of ketones is 2. The van der Waals surface area contributed by atoms with E-state index in [1.165, 1.54) is 0 Å². The number of fused-ring (bicyclic) bond motifs is 1. The van der Waals surface area contributed by atoms with Gasteiger partial charge in [-0.3, -0.25) is 9.59 Å². The Morgan fingerprint density at radius 3 is 2.19 bits per heavy atom. The maximum Gasteiger partial charge on any atom is 0.228 e. The minimum atomic E-state index is -0.485. The van der Waals surface area contributed by atoms with Crippen LogP contribution in [0.4, 0.5) is 0 Å². The predicted molar refractivity (Wildman–Crippen MR) is 82.6 cm³/mol. The Bertz CT molecular complexity index is 643. The average Bonchev–Trinajstić information content (AvgIpc) is 2.43. The van der Waals surface area contributed by atoms with E-state index in [1.54, 1.807) is 30.3 Å². The molecule has 2 rings (SSSR count). The molecule has 0 atom stereocenters. The third-order valence-electron chi connectivity index (χ3n) is 3.48. The van der Waals surface area contributed by atoms with E-state index in [2.05, 4.69) is 20.8 Å². The van der Waals surface area contributed by atoms with Crippen LogP contribution in [0.2, 0.25) is 0 Å². The molecule has 1 aliphatic rings. The summed E-state index contributed by atoms with van der Waals surface area (Å²) in [6.07, 6.45) is 5.17. The molecule has 1 N–H and O–H groups in total. The second-order valence-corrected chi connectivity index (χ2v) is 6.47. The zero-order chi connectivity index (χ0) is 15.6. The molecule has 1 aliphatic carbocycles. The quantitative estimate of drug-likeness (QED) is 0.902. The fraction of sp³-hybridized carbons (Fsp3) is 0.333. The van der Waals surface area contributed by atoms with Crippen LogP contribution < -0.4 is 0 Å². The van der Waals surface area contributed by atoms with Crippen LogP contribution in [0.3, 0.4) is 0 Å². The van der Waals surface area contributed by atoms with Crippen LogP contribution in [0.1, 0.15) is 54.3 Å². The predicted octanol–water partition coefficient (Wildman–Crippen LogP) is 4.26. The Morgan fingerprint density at radius 1 is 1.05 bits per heavy atom. The van der Waals surface area contributed by atoms with Gasteiger partial charge in [0.2, 0.25) is 5.78 Å². The molecular weight excluding hydrogens is 264 g/mol.